The van der Waals surface area contributed by atoms with Crippen molar-refractivity contribution in [3.63, 3.8) is 0 Å². The maximum Gasteiger partial charge on any atom is 0.167 e. The number of halogens is 1. The topological polar surface area (TPSA) is 17.1 Å². The predicted octanol–water partition coefficient (Wildman–Crippen LogP) is 4.71. The van der Waals surface area contributed by atoms with E-state index in [2.05, 4.69) is 0 Å². The molecule has 0 saturated carbocycles. The van der Waals surface area contributed by atoms with Crippen molar-refractivity contribution in [2.45, 2.75) is 13.3 Å². The highest BCUT2D eigenvalue weighted by Crippen LogP contribution is 2.23. The van der Waals surface area contributed by atoms with Gasteiger partial charge in [0.25, 0.3) is 0 Å². The van der Waals surface area contributed by atoms with Gasteiger partial charge < -0.3 is 0 Å². The summed E-state index contributed by atoms with van der Waals surface area (Å²) >= 11 is 0. The Balaban J connectivity index is 1.98. The van der Waals surface area contributed by atoms with Crippen molar-refractivity contribution in [3.8, 4) is 0 Å². The molecule has 3 aromatic carbocycles. The molecule has 2 heteroatoms. The van der Waals surface area contributed by atoms with E-state index in [1.165, 1.54) is 12.1 Å². The van der Waals surface area contributed by atoms with Crippen LogP contribution in [-0.2, 0) is 6.42 Å². The summed E-state index contributed by atoms with van der Waals surface area (Å²) in [7, 11) is 0. The van der Waals surface area contributed by atoms with E-state index < -0.39 is 0 Å². The van der Waals surface area contributed by atoms with Crippen LogP contribution < -0.4 is 0 Å². The van der Waals surface area contributed by atoms with Crippen LogP contribution in [0.2, 0.25) is 0 Å². The van der Waals surface area contributed by atoms with E-state index >= 15 is 0 Å². The molecule has 0 spiro atoms. The van der Waals surface area contributed by atoms with Crippen LogP contribution in [0.15, 0.2) is 60.7 Å². The van der Waals surface area contributed by atoms with Crippen molar-refractivity contribution in [2.75, 3.05) is 0 Å². The normalized spacial score (nSPS) is 10.8. The van der Waals surface area contributed by atoms with Crippen LogP contribution in [0.5, 0.6) is 0 Å². The molecule has 21 heavy (non-hydrogen) atoms. The molecule has 0 unspecified atom stereocenters. The molecule has 0 bridgehead atoms. The van der Waals surface area contributed by atoms with Crippen molar-refractivity contribution in [1.82, 2.24) is 0 Å². The molecule has 3 aromatic rings. The zero-order valence-electron chi connectivity index (χ0n) is 11.8. The number of aryl methyl sites for hydroxylation is 1. The van der Waals surface area contributed by atoms with Crippen LogP contribution in [0, 0.1) is 12.7 Å². The first kappa shape index (κ1) is 13.5. The van der Waals surface area contributed by atoms with Gasteiger partial charge in [0.1, 0.15) is 5.82 Å². The quantitative estimate of drug-likeness (QED) is 0.634. The second-order valence-corrected chi connectivity index (χ2v) is 5.20. The van der Waals surface area contributed by atoms with Crippen molar-refractivity contribution < 1.29 is 9.18 Å². The highest BCUT2D eigenvalue weighted by atomic mass is 19.1. The van der Waals surface area contributed by atoms with Crippen molar-refractivity contribution in [3.05, 3.63) is 83.2 Å². The van der Waals surface area contributed by atoms with Crippen molar-refractivity contribution in [1.29, 1.82) is 0 Å². The zero-order valence-corrected chi connectivity index (χ0v) is 11.8. The Bertz CT molecular complexity index is 803. The van der Waals surface area contributed by atoms with Crippen molar-refractivity contribution in [2.24, 2.45) is 0 Å². The average Bonchev–Trinajstić information content (AvgIpc) is 2.50. The molecule has 0 aliphatic carbocycles. The molecule has 0 heterocycles. The molecule has 0 aliphatic rings. The summed E-state index contributed by atoms with van der Waals surface area (Å²) in [4.78, 5) is 12.5. The lowest BCUT2D eigenvalue weighted by Crippen LogP contribution is -2.04. The van der Waals surface area contributed by atoms with Crippen LogP contribution in [0.25, 0.3) is 10.8 Å². The van der Waals surface area contributed by atoms with Crippen LogP contribution >= 0.6 is 0 Å². The number of ketones is 1. The zero-order chi connectivity index (χ0) is 14.8. The van der Waals surface area contributed by atoms with E-state index in [0.717, 1.165) is 27.5 Å². The Morgan fingerprint density at radius 2 is 1.57 bits per heavy atom. The summed E-state index contributed by atoms with van der Waals surface area (Å²) in [6.45, 7) is 2.04. The summed E-state index contributed by atoms with van der Waals surface area (Å²) in [5.74, 6) is -0.232. The Morgan fingerprint density at radius 1 is 0.905 bits per heavy atom. The first-order valence-corrected chi connectivity index (χ1v) is 6.91. The van der Waals surface area contributed by atoms with Crippen LogP contribution in [0.1, 0.15) is 21.5 Å². The van der Waals surface area contributed by atoms with Gasteiger partial charge in [0, 0.05) is 12.0 Å². The summed E-state index contributed by atoms with van der Waals surface area (Å²) in [5.41, 5.74) is 2.70. The number of carbonyl (C=O) groups excluding carboxylic acids is 1. The van der Waals surface area contributed by atoms with E-state index in [0.29, 0.717) is 0 Å². The summed E-state index contributed by atoms with van der Waals surface area (Å²) in [6, 6.07) is 17.8. The number of benzene rings is 3. The lowest BCUT2D eigenvalue weighted by atomic mass is 9.95. The molecule has 0 atom stereocenters. The third kappa shape index (κ3) is 2.70. The van der Waals surface area contributed by atoms with E-state index in [-0.39, 0.29) is 18.0 Å². The molecular weight excluding hydrogens is 263 g/mol. The molecule has 0 amide bonds. The van der Waals surface area contributed by atoms with Crippen LogP contribution in [0.3, 0.4) is 0 Å². The van der Waals surface area contributed by atoms with Gasteiger partial charge in [0.15, 0.2) is 5.78 Å². The minimum Gasteiger partial charge on any atom is -0.294 e. The number of hydrogen-bond acceptors (Lipinski definition) is 1. The van der Waals surface area contributed by atoms with Gasteiger partial charge in [-0.2, -0.15) is 0 Å². The number of carbonyl (C=O) groups is 1. The molecule has 0 aromatic heterocycles. The van der Waals surface area contributed by atoms with Crippen LogP contribution in [-0.4, -0.2) is 5.78 Å². The largest absolute Gasteiger partial charge is 0.294 e. The van der Waals surface area contributed by atoms with Gasteiger partial charge in [-0.25, -0.2) is 4.39 Å². The highest BCUT2D eigenvalue weighted by molar-refractivity contribution is 6.09. The second-order valence-electron chi connectivity index (χ2n) is 5.20. The first-order valence-electron chi connectivity index (χ1n) is 6.91. The summed E-state index contributed by atoms with van der Waals surface area (Å²) < 4.78 is 12.9. The maximum atomic E-state index is 12.9. The third-order valence-electron chi connectivity index (χ3n) is 3.72. The Morgan fingerprint density at radius 3 is 2.29 bits per heavy atom. The summed E-state index contributed by atoms with van der Waals surface area (Å²) in [6.07, 6.45) is 0.285. The monoisotopic (exact) mass is 278 g/mol. The first-order chi connectivity index (χ1) is 10.1. The fourth-order valence-corrected chi connectivity index (χ4v) is 2.58. The Labute approximate surface area is 123 Å². The predicted molar refractivity (Wildman–Crippen MR) is 83.1 cm³/mol. The maximum absolute atomic E-state index is 12.9. The van der Waals surface area contributed by atoms with Gasteiger partial charge >= 0.3 is 0 Å². The number of fused-ring (bicyclic) bond motifs is 1. The van der Waals surface area contributed by atoms with Gasteiger partial charge in [-0.05, 0) is 41.0 Å². The van der Waals surface area contributed by atoms with Gasteiger partial charge in [-0.1, -0.05) is 48.5 Å². The average molecular weight is 278 g/mol. The highest BCUT2D eigenvalue weighted by Gasteiger charge is 2.11. The molecule has 0 fully saturated rings. The van der Waals surface area contributed by atoms with Gasteiger partial charge in [0.05, 0.1) is 0 Å². The third-order valence-corrected chi connectivity index (χ3v) is 3.72. The van der Waals surface area contributed by atoms with E-state index in [1.807, 2.05) is 43.3 Å². The number of Topliss-reactive ketones (excluding diaryl/α,β-unsaturated/α-hetero) is 1. The Hall–Kier alpha value is -2.48. The number of hydrogen-bond donors (Lipinski definition) is 0. The SMILES string of the molecule is Cc1ccc(C(=O)Cc2ccc(F)cc2)c2ccccc12. The molecule has 0 aliphatic heterocycles. The minimum absolute atomic E-state index is 0.0535. The molecular formula is C19H15FO. The smallest absolute Gasteiger partial charge is 0.167 e. The second kappa shape index (κ2) is 5.49. The van der Waals surface area contributed by atoms with Crippen molar-refractivity contribution >= 4 is 16.6 Å². The minimum atomic E-state index is -0.285. The molecule has 1 nitrogen and oxygen atoms in total. The fourth-order valence-electron chi connectivity index (χ4n) is 2.58. The van der Waals surface area contributed by atoms with Crippen LogP contribution in [0.4, 0.5) is 4.39 Å². The Kier molecular flexibility index (Phi) is 3.53. The lowest BCUT2D eigenvalue weighted by Gasteiger charge is -2.08. The van der Waals surface area contributed by atoms with E-state index in [9.17, 15) is 9.18 Å². The van der Waals surface area contributed by atoms with E-state index in [4.69, 9.17) is 0 Å². The standard InChI is InChI=1S/C19H15FO/c1-13-6-11-18(17-5-3-2-4-16(13)17)19(21)12-14-7-9-15(20)10-8-14/h2-11H,12H2,1H3. The molecule has 104 valence electrons. The van der Waals surface area contributed by atoms with Gasteiger partial charge in [-0.15, -0.1) is 0 Å². The molecule has 0 radical (unpaired) electrons. The lowest BCUT2D eigenvalue weighted by molar-refractivity contribution is 0.0994. The summed E-state index contributed by atoms with van der Waals surface area (Å²) in [5, 5.41) is 2.08. The van der Waals surface area contributed by atoms with E-state index in [1.54, 1.807) is 12.1 Å². The number of rotatable bonds is 3. The molecule has 0 saturated heterocycles. The van der Waals surface area contributed by atoms with Gasteiger partial charge in [0.2, 0.25) is 0 Å². The molecule has 0 N–H and O–H groups in total. The van der Waals surface area contributed by atoms with Gasteiger partial charge in [-0.3, -0.25) is 4.79 Å². The molecule has 3 rings (SSSR count). The fraction of sp³-hybridized carbons (Fsp3) is 0.105.